The maximum absolute atomic E-state index is 11.1. The Morgan fingerprint density at radius 2 is 2.64 bits per heavy atom. The maximum atomic E-state index is 11.1. The van der Waals surface area contributed by atoms with Crippen molar-refractivity contribution < 1.29 is 9.53 Å². The van der Waals surface area contributed by atoms with Crippen molar-refractivity contribution in [3.8, 4) is 0 Å². The van der Waals surface area contributed by atoms with Crippen LogP contribution >= 0.6 is 11.8 Å². The quantitative estimate of drug-likeness (QED) is 0.611. The minimum absolute atomic E-state index is 0.0753. The van der Waals surface area contributed by atoms with E-state index in [9.17, 15) is 4.79 Å². The van der Waals surface area contributed by atoms with E-state index in [0.29, 0.717) is 6.61 Å². The molecule has 0 unspecified atom stereocenters. The summed E-state index contributed by atoms with van der Waals surface area (Å²) in [6.07, 6.45) is 0. The van der Waals surface area contributed by atoms with E-state index in [-0.39, 0.29) is 12.0 Å². The van der Waals surface area contributed by atoms with Gasteiger partial charge in [-0.1, -0.05) is 0 Å². The summed E-state index contributed by atoms with van der Waals surface area (Å²) in [5.41, 5.74) is 0. The monoisotopic (exact) mass is 175 g/mol. The predicted molar refractivity (Wildman–Crippen MR) is 45.7 cm³/mol. The zero-order chi connectivity index (χ0) is 8.10. The van der Waals surface area contributed by atoms with Crippen LogP contribution in [0.1, 0.15) is 6.92 Å². The van der Waals surface area contributed by atoms with Gasteiger partial charge in [-0.2, -0.15) is 11.8 Å². The molecule has 0 aromatic heterocycles. The molecule has 11 heavy (non-hydrogen) atoms. The van der Waals surface area contributed by atoms with Crippen LogP contribution in [-0.2, 0) is 9.53 Å². The van der Waals surface area contributed by atoms with Gasteiger partial charge in [-0.05, 0) is 6.92 Å². The highest BCUT2D eigenvalue weighted by atomic mass is 32.2. The summed E-state index contributed by atoms with van der Waals surface area (Å²) in [4.78, 5) is 11.1. The van der Waals surface area contributed by atoms with Crippen LogP contribution in [-0.4, -0.2) is 36.7 Å². The summed E-state index contributed by atoms with van der Waals surface area (Å²) in [6, 6.07) is -0.0753. The van der Waals surface area contributed by atoms with E-state index in [0.717, 1.165) is 18.1 Å². The fourth-order valence-corrected chi connectivity index (χ4v) is 1.88. The largest absolute Gasteiger partial charge is 0.465 e. The van der Waals surface area contributed by atoms with Gasteiger partial charge in [0.25, 0.3) is 0 Å². The number of ether oxygens (including phenoxy) is 1. The van der Waals surface area contributed by atoms with Crippen molar-refractivity contribution in [3.05, 3.63) is 0 Å². The molecule has 0 aromatic rings. The first kappa shape index (κ1) is 8.87. The van der Waals surface area contributed by atoms with Crippen molar-refractivity contribution in [2.75, 3.05) is 24.7 Å². The van der Waals surface area contributed by atoms with Crippen molar-refractivity contribution in [1.82, 2.24) is 5.32 Å². The van der Waals surface area contributed by atoms with Gasteiger partial charge in [-0.15, -0.1) is 0 Å². The lowest BCUT2D eigenvalue weighted by Crippen LogP contribution is -2.44. The van der Waals surface area contributed by atoms with Gasteiger partial charge in [0.05, 0.1) is 6.61 Å². The fourth-order valence-electron chi connectivity index (χ4n) is 0.960. The van der Waals surface area contributed by atoms with Gasteiger partial charge in [0.1, 0.15) is 6.04 Å². The predicted octanol–water partition coefficient (Wildman–Crippen LogP) is 0.254. The zero-order valence-corrected chi connectivity index (χ0v) is 7.45. The SMILES string of the molecule is CCOC(=O)[C@@H]1CSCCN1. The Hall–Kier alpha value is -0.220. The lowest BCUT2D eigenvalue weighted by atomic mass is 10.3. The molecule has 3 nitrogen and oxygen atoms in total. The van der Waals surface area contributed by atoms with Gasteiger partial charge in [0.2, 0.25) is 0 Å². The van der Waals surface area contributed by atoms with Gasteiger partial charge < -0.3 is 10.1 Å². The second kappa shape index (κ2) is 4.62. The molecule has 1 aliphatic rings. The van der Waals surface area contributed by atoms with Crippen LogP contribution in [0.4, 0.5) is 0 Å². The number of carbonyl (C=O) groups excluding carboxylic acids is 1. The summed E-state index contributed by atoms with van der Waals surface area (Å²) in [7, 11) is 0. The van der Waals surface area contributed by atoms with E-state index in [4.69, 9.17) is 4.74 Å². The van der Waals surface area contributed by atoms with E-state index in [2.05, 4.69) is 5.32 Å². The number of nitrogens with one attached hydrogen (secondary N) is 1. The molecule has 1 aliphatic heterocycles. The molecule has 1 fully saturated rings. The molecule has 0 aromatic carbocycles. The minimum atomic E-state index is -0.111. The average molecular weight is 175 g/mol. The molecule has 0 bridgehead atoms. The van der Waals surface area contributed by atoms with Crippen molar-refractivity contribution in [2.45, 2.75) is 13.0 Å². The Morgan fingerprint density at radius 3 is 3.18 bits per heavy atom. The van der Waals surface area contributed by atoms with Gasteiger partial charge in [0.15, 0.2) is 0 Å². The summed E-state index contributed by atoms with van der Waals surface area (Å²) in [5.74, 6) is 1.83. The van der Waals surface area contributed by atoms with Gasteiger partial charge in [0, 0.05) is 18.1 Å². The second-order valence-corrected chi connectivity index (χ2v) is 3.48. The number of thioether (sulfide) groups is 1. The van der Waals surface area contributed by atoms with Crippen molar-refractivity contribution in [2.24, 2.45) is 0 Å². The smallest absolute Gasteiger partial charge is 0.323 e. The Labute approximate surface area is 70.9 Å². The van der Waals surface area contributed by atoms with E-state index in [1.807, 2.05) is 6.92 Å². The third-order valence-electron chi connectivity index (χ3n) is 1.49. The highest BCUT2D eigenvalue weighted by Crippen LogP contribution is 2.08. The van der Waals surface area contributed by atoms with Crippen molar-refractivity contribution in [1.29, 1.82) is 0 Å². The summed E-state index contributed by atoms with van der Waals surface area (Å²) >= 11 is 1.79. The highest BCUT2D eigenvalue weighted by molar-refractivity contribution is 7.99. The Morgan fingerprint density at radius 1 is 1.82 bits per heavy atom. The van der Waals surface area contributed by atoms with Crippen LogP contribution in [0, 0.1) is 0 Å². The number of hydrogen-bond acceptors (Lipinski definition) is 4. The first-order valence-electron chi connectivity index (χ1n) is 3.82. The first-order chi connectivity index (χ1) is 5.34. The maximum Gasteiger partial charge on any atom is 0.323 e. The lowest BCUT2D eigenvalue weighted by Gasteiger charge is -2.20. The van der Waals surface area contributed by atoms with Crippen LogP contribution in [0.25, 0.3) is 0 Å². The highest BCUT2D eigenvalue weighted by Gasteiger charge is 2.21. The normalized spacial score (nSPS) is 24.6. The standard InChI is InChI=1S/C7H13NO2S/c1-2-10-7(9)6-5-11-4-3-8-6/h6,8H,2-5H2,1H3/t6-/m0/s1. The van der Waals surface area contributed by atoms with E-state index < -0.39 is 0 Å². The summed E-state index contributed by atoms with van der Waals surface area (Å²) in [5, 5.41) is 3.11. The molecular weight excluding hydrogens is 162 g/mol. The van der Waals surface area contributed by atoms with Crippen LogP contribution in [0.2, 0.25) is 0 Å². The van der Waals surface area contributed by atoms with Gasteiger partial charge in [-0.3, -0.25) is 4.79 Å². The Balaban J connectivity index is 2.27. The number of esters is 1. The molecule has 0 aliphatic carbocycles. The van der Waals surface area contributed by atoms with Crippen LogP contribution in [0.15, 0.2) is 0 Å². The molecular formula is C7H13NO2S. The second-order valence-electron chi connectivity index (χ2n) is 2.33. The molecule has 1 N–H and O–H groups in total. The number of carbonyl (C=O) groups is 1. The summed E-state index contributed by atoms with van der Waals surface area (Å²) < 4.78 is 4.87. The molecule has 0 amide bonds. The average Bonchev–Trinajstić information content (AvgIpc) is 2.07. The van der Waals surface area contributed by atoms with E-state index in [1.54, 1.807) is 11.8 Å². The van der Waals surface area contributed by atoms with Gasteiger partial charge in [-0.25, -0.2) is 0 Å². The van der Waals surface area contributed by atoms with Crippen molar-refractivity contribution >= 4 is 17.7 Å². The minimum Gasteiger partial charge on any atom is -0.465 e. The number of hydrogen-bond donors (Lipinski definition) is 1. The van der Waals surface area contributed by atoms with E-state index in [1.165, 1.54) is 0 Å². The first-order valence-corrected chi connectivity index (χ1v) is 4.98. The zero-order valence-electron chi connectivity index (χ0n) is 6.63. The van der Waals surface area contributed by atoms with E-state index >= 15 is 0 Å². The molecule has 4 heteroatoms. The third kappa shape index (κ3) is 2.71. The van der Waals surface area contributed by atoms with Crippen molar-refractivity contribution in [3.63, 3.8) is 0 Å². The molecule has 1 heterocycles. The van der Waals surface area contributed by atoms with Gasteiger partial charge >= 0.3 is 5.97 Å². The molecule has 1 saturated heterocycles. The lowest BCUT2D eigenvalue weighted by molar-refractivity contribution is -0.145. The summed E-state index contributed by atoms with van der Waals surface area (Å²) in [6.45, 7) is 3.21. The molecule has 1 atom stereocenters. The fraction of sp³-hybridized carbons (Fsp3) is 0.857. The molecule has 0 saturated carbocycles. The number of rotatable bonds is 2. The third-order valence-corrected chi connectivity index (χ3v) is 2.55. The molecule has 64 valence electrons. The van der Waals surface area contributed by atoms with Crippen LogP contribution in [0.5, 0.6) is 0 Å². The molecule has 1 rings (SSSR count). The Bertz CT molecular complexity index is 134. The Kier molecular flexibility index (Phi) is 3.72. The molecule has 0 spiro atoms. The van der Waals surface area contributed by atoms with Crippen LogP contribution < -0.4 is 5.32 Å². The van der Waals surface area contributed by atoms with Crippen LogP contribution in [0.3, 0.4) is 0 Å². The molecule has 0 radical (unpaired) electrons. The topological polar surface area (TPSA) is 38.3 Å².